The van der Waals surface area contributed by atoms with Crippen LogP contribution in [-0.4, -0.2) is 26.0 Å². The molecule has 0 bridgehead atoms. The zero-order chi connectivity index (χ0) is 21.3. The highest BCUT2D eigenvalue weighted by molar-refractivity contribution is 6.00. The van der Waals surface area contributed by atoms with Gasteiger partial charge < -0.3 is 32.1 Å². The maximum Gasteiger partial charge on any atom is 0.323 e. The van der Waals surface area contributed by atoms with Gasteiger partial charge in [0.15, 0.2) is 11.9 Å². The number of amides is 2. The fourth-order valence-electron chi connectivity index (χ4n) is 2.84. The molecule has 2 aromatic carbocycles. The van der Waals surface area contributed by atoms with E-state index in [0.29, 0.717) is 17.0 Å². The third-order valence-corrected chi connectivity index (χ3v) is 4.23. The van der Waals surface area contributed by atoms with Gasteiger partial charge in [0, 0.05) is 16.8 Å². The van der Waals surface area contributed by atoms with E-state index in [2.05, 4.69) is 30.6 Å². The number of hydrogen-bond acceptors (Lipinski definition) is 5. The van der Waals surface area contributed by atoms with Crippen LogP contribution in [0.2, 0.25) is 0 Å². The molecule has 0 spiro atoms. The van der Waals surface area contributed by atoms with Crippen molar-refractivity contribution >= 4 is 29.3 Å². The minimum absolute atomic E-state index is 0.0665. The summed E-state index contributed by atoms with van der Waals surface area (Å²) < 4.78 is 28.5. The van der Waals surface area contributed by atoms with Crippen molar-refractivity contribution in [2.24, 2.45) is 0 Å². The molecule has 2 aromatic heterocycles. The topological polar surface area (TPSA) is 151 Å². The first-order valence-electron chi connectivity index (χ1n) is 8.68. The molecule has 4 aromatic rings. The number of nitrogens with zero attached hydrogens (tertiary/aromatic N) is 2. The Labute approximate surface area is 168 Å². The van der Waals surface area contributed by atoms with E-state index in [4.69, 9.17) is 11.5 Å². The number of imidazole rings is 2. The Hall–Kier alpha value is -4.41. The Morgan fingerprint density at radius 1 is 0.867 bits per heavy atom. The molecule has 0 aliphatic carbocycles. The van der Waals surface area contributed by atoms with Crippen molar-refractivity contribution in [2.45, 2.75) is 0 Å². The van der Waals surface area contributed by atoms with E-state index >= 15 is 0 Å². The predicted octanol–water partition coefficient (Wildman–Crippen LogP) is 3.55. The lowest BCUT2D eigenvalue weighted by Gasteiger charge is -2.10. The van der Waals surface area contributed by atoms with Crippen molar-refractivity contribution < 1.29 is 13.6 Å². The summed E-state index contributed by atoms with van der Waals surface area (Å²) in [5.41, 5.74) is 12.9. The molecule has 0 atom stereocenters. The van der Waals surface area contributed by atoms with Gasteiger partial charge in [0.25, 0.3) is 0 Å². The molecule has 0 aliphatic rings. The fourth-order valence-corrected chi connectivity index (χ4v) is 2.84. The summed E-state index contributed by atoms with van der Waals surface area (Å²) in [5.74, 6) is -0.862. The molecule has 0 fully saturated rings. The maximum atomic E-state index is 14.4. The van der Waals surface area contributed by atoms with Crippen LogP contribution in [0.15, 0.2) is 48.8 Å². The molecule has 152 valence electrons. The van der Waals surface area contributed by atoms with Crippen LogP contribution < -0.4 is 22.1 Å². The molecule has 0 saturated carbocycles. The summed E-state index contributed by atoms with van der Waals surface area (Å²) in [6.07, 6.45) is 2.89. The van der Waals surface area contributed by atoms with Gasteiger partial charge in [0.1, 0.15) is 11.6 Å². The molecular weight excluding hydrogens is 394 g/mol. The summed E-state index contributed by atoms with van der Waals surface area (Å²) in [4.78, 5) is 25.5. The van der Waals surface area contributed by atoms with Crippen LogP contribution >= 0.6 is 0 Å². The Morgan fingerprint density at radius 2 is 1.57 bits per heavy atom. The van der Waals surface area contributed by atoms with Gasteiger partial charge in [-0.05, 0) is 36.4 Å². The number of carbonyl (C=O) groups excluding carboxylic acids is 1. The van der Waals surface area contributed by atoms with Crippen LogP contribution in [0.3, 0.4) is 0 Å². The molecule has 4 rings (SSSR count). The van der Waals surface area contributed by atoms with Crippen molar-refractivity contribution in [2.75, 3.05) is 22.1 Å². The van der Waals surface area contributed by atoms with Gasteiger partial charge >= 0.3 is 6.03 Å². The highest BCUT2D eigenvalue weighted by Gasteiger charge is 2.13. The van der Waals surface area contributed by atoms with Crippen LogP contribution in [-0.2, 0) is 0 Å². The first-order chi connectivity index (χ1) is 14.4. The Morgan fingerprint density at radius 3 is 2.20 bits per heavy atom. The third kappa shape index (κ3) is 3.90. The number of hydrogen-bond donors (Lipinski definition) is 6. The van der Waals surface area contributed by atoms with E-state index < -0.39 is 17.7 Å². The van der Waals surface area contributed by atoms with Crippen molar-refractivity contribution in [3.05, 3.63) is 60.4 Å². The van der Waals surface area contributed by atoms with Gasteiger partial charge in [-0.25, -0.2) is 23.5 Å². The molecule has 0 unspecified atom stereocenters. The van der Waals surface area contributed by atoms with E-state index in [1.807, 2.05) is 0 Å². The summed E-state index contributed by atoms with van der Waals surface area (Å²) in [5, 5.41) is 4.86. The van der Waals surface area contributed by atoms with Gasteiger partial charge in [0.2, 0.25) is 0 Å². The van der Waals surface area contributed by atoms with Crippen molar-refractivity contribution in [3.8, 4) is 22.5 Å². The second-order valence-corrected chi connectivity index (χ2v) is 6.33. The molecule has 0 aliphatic heterocycles. The SMILES string of the molecule is Nc1ncc(-c2ccc(F)c(NC(=O)Nc3ccc(-c4cnc(N)[nH]4)c(F)c3)c2)[nH]1. The quantitative estimate of drug-likeness (QED) is 0.304. The Kier molecular flexibility index (Phi) is 4.76. The number of aromatic amines is 2. The van der Waals surface area contributed by atoms with Gasteiger partial charge in [-0.2, -0.15) is 0 Å². The van der Waals surface area contributed by atoms with Gasteiger partial charge in [-0.3, -0.25) is 0 Å². The molecule has 2 heterocycles. The Bertz CT molecular complexity index is 1230. The normalized spacial score (nSPS) is 10.7. The van der Waals surface area contributed by atoms with E-state index in [1.165, 1.54) is 42.7 Å². The number of rotatable bonds is 4. The molecule has 11 heteroatoms. The maximum absolute atomic E-state index is 14.4. The summed E-state index contributed by atoms with van der Waals surface area (Å²) in [7, 11) is 0. The first kappa shape index (κ1) is 18.9. The average molecular weight is 410 g/mol. The zero-order valence-corrected chi connectivity index (χ0v) is 15.3. The highest BCUT2D eigenvalue weighted by Crippen LogP contribution is 2.26. The predicted molar refractivity (Wildman–Crippen MR) is 109 cm³/mol. The number of nitrogens with one attached hydrogen (secondary N) is 4. The second kappa shape index (κ2) is 7.54. The highest BCUT2D eigenvalue weighted by atomic mass is 19.1. The minimum atomic E-state index is -0.742. The summed E-state index contributed by atoms with van der Waals surface area (Å²) >= 11 is 0. The van der Waals surface area contributed by atoms with E-state index in [-0.39, 0.29) is 28.8 Å². The molecule has 0 radical (unpaired) electrons. The van der Waals surface area contributed by atoms with Crippen molar-refractivity contribution in [1.29, 1.82) is 0 Å². The van der Waals surface area contributed by atoms with Crippen LogP contribution in [0, 0.1) is 11.6 Å². The smallest absolute Gasteiger partial charge is 0.323 e. The minimum Gasteiger partial charge on any atom is -0.369 e. The molecule has 0 saturated heterocycles. The fraction of sp³-hybridized carbons (Fsp3) is 0. The lowest BCUT2D eigenvalue weighted by Crippen LogP contribution is -2.20. The number of carbonyl (C=O) groups is 1. The Balaban J connectivity index is 1.49. The lowest BCUT2D eigenvalue weighted by atomic mass is 10.1. The van der Waals surface area contributed by atoms with Crippen LogP contribution in [0.4, 0.5) is 36.8 Å². The average Bonchev–Trinajstić information content (AvgIpc) is 3.32. The summed E-state index contributed by atoms with van der Waals surface area (Å²) in [6, 6.07) is 7.49. The van der Waals surface area contributed by atoms with Crippen LogP contribution in [0.25, 0.3) is 22.5 Å². The monoisotopic (exact) mass is 410 g/mol. The number of nitrogens with two attached hydrogens (primary N) is 2. The number of aromatic nitrogens is 4. The molecule has 30 heavy (non-hydrogen) atoms. The van der Waals surface area contributed by atoms with E-state index in [1.54, 1.807) is 0 Å². The van der Waals surface area contributed by atoms with Crippen molar-refractivity contribution in [3.63, 3.8) is 0 Å². The number of halogens is 2. The third-order valence-electron chi connectivity index (χ3n) is 4.23. The number of anilines is 4. The lowest BCUT2D eigenvalue weighted by molar-refractivity contribution is 0.262. The van der Waals surface area contributed by atoms with Gasteiger partial charge in [-0.15, -0.1) is 0 Å². The van der Waals surface area contributed by atoms with Crippen LogP contribution in [0.1, 0.15) is 0 Å². The van der Waals surface area contributed by atoms with Gasteiger partial charge in [-0.1, -0.05) is 0 Å². The standard InChI is InChI=1S/C19H16F2N8O/c20-12-4-1-9(15-7-24-17(22)27-15)5-14(12)29-19(30)26-10-2-3-11(13(21)6-10)16-8-25-18(23)28-16/h1-8H,(H3,22,24,27)(H3,23,25,28)(H2,26,29,30). The zero-order valence-electron chi connectivity index (χ0n) is 15.3. The summed E-state index contributed by atoms with van der Waals surface area (Å²) in [6.45, 7) is 0. The van der Waals surface area contributed by atoms with E-state index in [0.717, 1.165) is 6.07 Å². The largest absolute Gasteiger partial charge is 0.369 e. The second-order valence-electron chi connectivity index (χ2n) is 6.33. The molecule has 9 nitrogen and oxygen atoms in total. The molecule has 2 amide bonds. The molecule has 8 N–H and O–H groups in total. The first-order valence-corrected chi connectivity index (χ1v) is 8.68. The number of benzene rings is 2. The van der Waals surface area contributed by atoms with E-state index in [9.17, 15) is 13.6 Å². The van der Waals surface area contributed by atoms with Crippen molar-refractivity contribution in [1.82, 2.24) is 19.9 Å². The van der Waals surface area contributed by atoms with Crippen LogP contribution in [0.5, 0.6) is 0 Å². The number of urea groups is 1. The van der Waals surface area contributed by atoms with Gasteiger partial charge in [0.05, 0.1) is 29.5 Å². The molecular formula is C19H16F2N8O. The number of H-pyrrole nitrogens is 2. The number of nitrogen functional groups attached to an aromatic ring is 2.